The Hall–Kier alpha value is -0.710. The summed E-state index contributed by atoms with van der Waals surface area (Å²) in [5.41, 5.74) is 2.24. The van der Waals surface area contributed by atoms with Crippen LogP contribution in [0.5, 0.6) is 0 Å². The summed E-state index contributed by atoms with van der Waals surface area (Å²) in [4.78, 5) is 1.23. The summed E-state index contributed by atoms with van der Waals surface area (Å²) in [6, 6.07) is 18.6. The molecule has 0 aliphatic carbocycles. The molecule has 2 aromatic rings. The smallest absolute Gasteiger partial charge is 0.0844 e. The van der Waals surface area contributed by atoms with Crippen LogP contribution < -0.4 is 0 Å². The lowest BCUT2D eigenvalue weighted by atomic mass is 10.0. The molecule has 0 aromatic heterocycles. The SMILES string of the molecule is CC(C)CSSc1cccc(C(c2ccccc2)S(C)=O)c1. The van der Waals surface area contributed by atoms with Gasteiger partial charge in [-0.2, -0.15) is 0 Å². The first-order chi connectivity index (χ1) is 10.6. The lowest BCUT2D eigenvalue weighted by Gasteiger charge is -2.16. The van der Waals surface area contributed by atoms with Gasteiger partial charge in [0.25, 0.3) is 0 Å². The highest BCUT2D eigenvalue weighted by atomic mass is 33.1. The average Bonchev–Trinajstić information content (AvgIpc) is 2.48. The van der Waals surface area contributed by atoms with Crippen LogP contribution in [0.2, 0.25) is 0 Å². The van der Waals surface area contributed by atoms with Crippen molar-refractivity contribution >= 4 is 32.4 Å². The Morgan fingerprint density at radius 3 is 2.32 bits per heavy atom. The number of benzene rings is 2. The van der Waals surface area contributed by atoms with Gasteiger partial charge in [0.05, 0.1) is 5.25 Å². The fourth-order valence-corrected chi connectivity index (χ4v) is 5.78. The van der Waals surface area contributed by atoms with Crippen LogP contribution in [0.25, 0.3) is 0 Å². The Kier molecular flexibility index (Phi) is 7.06. The molecule has 2 atom stereocenters. The van der Waals surface area contributed by atoms with Crippen molar-refractivity contribution in [3.05, 3.63) is 65.7 Å². The van der Waals surface area contributed by atoms with Crippen LogP contribution in [-0.4, -0.2) is 16.2 Å². The first-order valence-electron chi connectivity index (χ1n) is 7.34. The van der Waals surface area contributed by atoms with Crippen LogP contribution >= 0.6 is 21.6 Å². The van der Waals surface area contributed by atoms with Crippen molar-refractivity contribution in [2.75, 3.05) is 12.0 Å². The summed E-state index contributed by atoms with van der Waals surface area (Å²) in [6.45, 7) is 4.46. The third-order valence-corrected chi connectivity index (χ3v) is 7.07. The van der Waals surface area contributed by atoms with E-state index in [1.807, 2.05) is 29.0 Å². The van der Waals surface area contributed by atoms with Crippen molar-refractivity contribution in [1.29, 1.82) is 0 Å². The van der Waals surface area contributed by atoms with E-state index in [1.54, 1.807) is 17.0 Å². The Balaban J connectivity index is 2.20. The maximum absolute atomic E-state index is 12.3. The molecular weight excluding hydrogens is 328 g/mol. The van der Waals surface area contributed by atoms with Gasteiger partial charge in [-0.25, -0.2) is 0 Å². The van der Waals surface area contributed by atoms with Crippen LogP contribution in [0.4, 0.5) is 0 Å². The topological polar surface area (TPSA) is 17.1 Å². The van der Waals surface area contributed by atoms with Gasteiger partial charge in [0.2, 0.25) is 0 Å². The molecule has 0 heterocycles. The fraction of sp³-hybridized carbons (Fsp3) is 0.333. The van der Waals surface area contributed by atoms with Crippen molar-refractivity contribution in [3.63, 3.8) is 0 Å². The van der Waals surface area contributed by atoms with Crippen LogP contribution in [0.1, 0.15) is 30.2 Å². The third-order valence-electron chi connectivity index (χ3n) is 3.15. The van der Waals surface area contributed by atoms with Crippen LogP contribution in [0.3, 0.4) is 0 Å². The molecule has 2 aromatic carbocycles. The van der Waals surface area contributed by atoms with E-state index in [0.717, 1.165) is 16.9 Å². The number of hydrogen-bond acceptors (Lipinski definition) is 3. The molecule has 22 heavy (non-hydrogen) atoms. The van der Waals surface area contributed by atoms with Crippen LogP contribution in [0, 0.1) is 5.92 Å². The van der Waals surface area contributed by atoms with Gasteiger partial charge >= 0.3 is 0 Å². The van der Waals surface area contributed by atoms with Gasteiger partial charge < -0.3 is 0 Å². The van der Waals surface area contributed by atoms with Crippen LogP contribution in [-0.2, 0) is 10.8 Å². The molecule has 1 nitrogen and oxygen atoms in total. The van der Waals surface area contributed by atoms with E-state index in [2.05, 4.69) is 50.2 Å². The largest absolute Gasteiger partial charge is 0.259 e. The zero-order valence-electron chi connectivity index (χ0n) is 13.2. The molecule has 0 bridgehead atoms. The maximum Gasteiger partial charge on any atom is 0.0844 e. The minimum atomic E-state index is -0.943. The van der Waals surface area contributed by atoms with Crippen LogP contribution in [0.15, 0.2) is 59.5 Å². The zero-order valence-corrected chi connectivity index (χ0v) is 15.6. The van der Waals surface area contributed by atoms with Crippen molar-refractivity contribution < 1.29 is 4.21 Å². The molecule has 0 saturated carbocycles. The quantitative estimate of drug-likeness (QED) is 0.609. The highest BCUT2D eigenvalue weighted by Crippen LogP contribution is 2.35. The van der Waals surface area contributed by atoms with E-state index < -0.39 is 10.8 Å². The van der Waals surface area contributed by atoms with Gasteiger partial charge in [-0.15, -0.1) is 0 Å². The van der Waals surface area contributed by atoms with Gasteiger partial charge in [-0.3, -0.25) is 4.21 Å². The highest BCUT2D eigenvalue weighted by Gasteiger charge is 2.18. The van der Waals surface area contributed by atoms with Gasteiger partial charge in [0.1, 0.15) is 0 Å². The lowest BCUT2D eigenvalue weighted by Crippen LogP contribution is -2.06. The van der Waals surface area contributed by atoms with Gasteiger partial charge in [-0.05, 0) is 29.2 Å². The fourth-order valence-electron chi connectivity index (χ4n) is 2.17. The Bertz CT molecular complexity index is 611. The minimum Gasteiger partial charge on any atom is -0.259 e. The summed E-state index contributed by atoms with van der Waals surface area (Å²) in [5.74, 6) is 1.83. The van der Waals surface area contributed by atoms with E-state index in [1.165, 1.54) is 4.90 Å². The summed E-state index contributed by atoms with van der Waals surface area (Å²) in [7, 11) is 2.74. The predicted molar refractivity (Wildman–Crippen MR) is 102 cm³/mol. The minimum absolute atomic E-state index is 0.0585. The van der Waals surface area contributed by atoms with Crippen molar-refractivity contribution in [2.45, 2.75) is 24.0 Å². The first kappa shape index (κ1) is 17.6. The second kappa shape index (κ2) is 8.80. The molecule has 0 fully saturated rings. The molecule has 2 unspecified atom stereocenters. The van der Waals surface area contributed by atoms with Crippen molar-refractivity contribution in [2.24, 2.45) is 5.92 Å². The van der Waals surface area contributed by atoms with E-state index in [0.29, 0.717) is 5.92 Å². The summed E-state index contributed by atoms with van der Waals surface area (Å²) >= 11 is 0. The van der Waals surface area contributed by atoms with E-state index in [9.17, 15) is 4.21 Å². The van der Waals surface area contributed by atoms with Crippen molar-refractivity contribution in [1.82, 2.24) is 0 Å². The van der Waals surface area contributed by atoms with E-state index >= 15 is 0 Å². The zero-order chi connectivity index (χ0) is 15.9. The van der Waals surface area contributed by atoms with Gasteiger partial charge in [-0.1, -0.05) is 77.9 Å². The van der Waals surface area contributed by atoms with Crippen molar-refractivity contribution in [3.8, 4) is 0 Å². The van der Waals surface area contributed by atoms with Gasteiger partial charge in [0, 0.05) is 27.7 Å². The molecule has 0 saturated heterocycles. The third kappa shape index (κ3) is 5.18. The Morgan fingerprint density at radius 1 is 1.00 bits per heavy atom. The lowest BCUT2D eigenvalue weighted by molar-refractivity contribution is 0.682. The van der Waals surface area contributed by atoms with E-state index in [4.69, 9.17) is 0 Å². The van der Waals surface area contributed by atoms with E-state index in [-0.39, 0.29) is 5.25 Å². The molecule has 118 valence electrons. The molecule has 0 aliphatic heterocycles. The molecule has 0 aliphatic rings. The molecule has 0 radical (unpaired) electrons. The Morgan fingerprint density at radius 2 is 1.68 bits per heavy atom. The second-order valence-electron chi connectivity index (χ2n) is 5.62. The van der Waals surface area contributed by atoms with Gasteiger partial charge in [0.15, 0.2) is 0 Å². The summed E-state index contributed by atoms with van der Waals surface area (Å²) in [5, 5.41) is -0.0585. The maximum atomic E-state index is 12.3. The molecule has 4 heteroatoms. The predicted octanol–water partition coefficient (Wildman–Crippen LogP) is 5.55. The molecule has 2 rings (SSSR count). The Labute approximate surface area is 144 Å². The number of hydrogen-bond donors (Lipinski definition) is 0. The normalized spacial score (nSPS) is 14.0. The number of rotatable bonds is 7. The standard InChI is InChI=1S/C18H22OS3/c1-14(2)13-20-21-17-11-7-10-16(12-17)18(22(3)19)15-8-5-4-6-9-15/h4-12,14,18H,13H2,1-3H3. The first-order valence-corrected chi connectivity index (χ1v) is 11.3. The molecule has 0 spiro atoms. The summed E-state index contributed by atoms with van der Waals surface area (Å²) in [6.07, 6.45) is 1.78. The monoisotopic (exact) mass is 350 g/mol. The highest BCUT2D eigenvalue weighted by molar-refractivity contribution is 8.76. The molecule has 0 N–H and O–H groups in total. The average molecular weight is 351 g/mol. The molecular formula is C18H22OS3. The molecule has 0 amide bonds. The second-order valence-corrected chi connectivity index (χ2v) is 9.51. The summed E-state index contributed by atoms with van der Waals surface area (Å²) < 4.78 is 12.3.